The van der Waals surface area contributed by atoms with Crippen molar-refractivity contribution in [2.45, 2.75) is 28.8 Å². The highest BCUT2D eigenvalue weighted by molar-refractivity contribution is 7.99. The molecule has 17 heteroatoms. The van der Waals surface area contributed by atoms with Gasteiger partial charge in [-0.15, -0.1) is 0 Å². The first-order valence-corrected chi connectivity index (χ1v) is 12.2. The molecule has 36 heavy (non-hydrogen) atoms. The number of hydrogen-bond donors (Lipinski definition) is 1. The molecule has 1 aromatic carbocycles. The Kier molecular flexibility index (Phi) is 9.58. The molecule has 3 rings (SSSR count). The molecule has 0 saturated heterocycles. The van der Waals surface area contributed by atoms with Gasteiger partial charge < -0.3 is 28.8 Å². The maximum absolute atomic E-state index is 12.4. The number of alkyl halides is 6. The van der Waals surface area contributed by atoms with E-state index in [4.69, 9.17) is 15.2 Å². The molecule has 2 N–H and O–H groups in total. The average Bonchev–Trinajstić information content (AvgIpc) is 3.20. The van der Waals surface area contributed by atoms with Gasteiger partial charge in [-0.1, -0.05) is 11.8 Å². The minimum atomic E-state index is -4.72. The van der Waals surface area contributed by atoms with Gasteiger partial charge in [0.2, 0.25) is 5.95 Å². The molecule has 198 valence electrons. The van der Waals surface area contributed by atoms with Crippen LogP contribution in [0.5, 0.6) is 5.75 Å². The molecule has 0 fully saturated rings. The largest absolute Gasteiger partial charge is 0.497 e. The second-order valence-electron chi connectivity index (χ2n) is 6.92. The van der Waals surface area contributed by atoms with Gasteiger partial charge in [0.15, 0.2) is 14.0 Å². The summed E-state index contributed by atoms with van der Waals surface area (Å²) in [6, 6.07) is 7.23. The maximum Gasteiger partial charge on any atom is 0.412 e. The van der Waals surface area contributed by atoms with E-state index in [9.17, 15) is 26.3 Å². The first-order valence-electron chi connectivity index (χ1n) is 9.98. The third-order valence-corrected chi connectivity index (χ3v) is 6.35. The molecule has 0 aliphatic carbocycles. The molecule has 0 saturated carbocycles. The molecule has 0 unspecified atom stereocenters. The van der Waals surface area contributed by atoms with Crippen molar-refractivity contribution in [3.05, 3.63) is 30.6 Å². The molecule has 0 bridgehead atoms. The van der Waals surface area contributed by atoms with Crippen LogP contribution in [-0.2, 0) is 20.3 Å². The molecule has 9 nitrogen and oxygen atoms in total. The van der Waals surface area contributed by atoms with Crippen molar-refractivity contribution >= 4 is 37.2 Å². The van der Waals surface area contributed by atoms with Crippen LogP contribution in [-0.4, -0.2) is 65.2 Å². The Morgan fingerprint density at radius 2 is 1.64 bits per heavy atom. The van der Waals surface area contributed by atoms with Crippen molar-refractivity contribution in [3.8, 4) is 5.75 Å². The lowest BCUT2D eigenvalue weighted by Gasteiger charge is -2.19. The normalized spacial score (nSPS) is 12.6. The molecule has 2 heterocycles. The lowest BCUT2D eigenvalue weighted by molar-refractivity contribution is -0.163. The van der Waals surface area contributed by atoms with Crippen molar-refractivity contribution < 1.29 is 44.9 Å². The van der Waals surface area contributed by atoms with Crippen LogP contribution in [0.1, 0.15) is 0 Å². The fourth-order valence-corrected chi connectivity index (χ4v) is 4.59. The number of ether oxygens (including phenoxy) is 2. The summed E-state index contributed by atoms with van der Waals surface area (Å²) in [6.45, 7) is -3.48. The number of anilines is 1. The third kappa shape index (κ3) is 8.92. The summed E-state index contributed by atoms with van der Waals surface area (Å²) in [5.41, 5.74) is 6.67. The van der Waals surface area contributed by atoms with Crippen LogP contribution in [0.15, 0.2) is 40.5 Å². The van der Waals surface area contributed by atoms with Gasteiger partial charge in [-0.05, 0) is 24.3 Å². The minimum Gasteiger partial charge on any atom is -0.497 e. The van der Waals surface area contributed by atoms with Gasteiger partial charge in [0, 0.05) is 11.4 Å². The van der Waals surface area contributed by atoms with Crippen molar-refractivity contribution in [2.75, 3.05) is 39.0 Å². The summed E-state index contributed by atoms with van der Waals surface area (Å²) >= 11 is 1.30. The SMILES string of the molecule is COc1ccc(Sc2nc(N)nc3c2ncn3CCOCP(OCC(F)(F)F)OCC(F)(F)F)cc1. The zero-order valence-electron chi connectivity index (χ0n) is 18.5. The van der Waals surface area contributed by atoms with Crippen LogP contribution in [0, 0.1) is 0 Å². The summed E-state index contributed by atoms with van der Waals surface area (Å²) in [4.78, 5) is 13.6. The highest BCUT2D eigenvalue weighted by Gasteiger charge is 2.33. The summed E-state index contributed by atoms with van der Waals surface area (Å²) in [5, 5.41) is 0.493. The van der Waals surface area contributed by atoms with E-state index in [0.717, 1.165) is 4.90 Å². The number of methoxy groups -OCH3 is 1. The summed E-state index contributed by atoms with van der Waals surface area (Å²) in [6.07, 6.45) is -8.59. The molecule has 2 aromatic heterocycles. The van der Waals surface area contributed by atoms with Crippen molar-refractivity contribution in [3.63, 3.8) is 0 Å². The zero-order valence-corrected chi connectivity index (χ0v) is 20.3. The predicted molar refractivity (Wildman–Crippen MR) is 119 cm³/mol. The topological polar surface area (TPSA) is 107 Å². The standard InChI is InChI=1S/C19H20F6N5O4PS/c1-31-12-2-4-13(5-3-12)36-16-14-15(28-17(26)29-16)30(10-27-14)6-7-32-11-35(33-8-18(20,21)22)34-9-19(23,24)25/h2-5,10H,6-9,11H2,1H3,(H2,26,28,29). The van der Waals surface area contributed by atoms with Gasteiger partial charge in [0.25, 0.3) is 0 Å². The van der Waals surface area contributed by atoms with Gasteiger partial charge in [-0.25, -0.2) is 9.97 Å². The van der Waals surface area contributed by atoms with Crippen LogP contribution in [0.3, 0.4) is 0 Å². The first-order chi connectivity index (χ1) is 16.9. The van der Waals surface area contributed by atoms with Gasteiger partial charge in [-0.3, -0.25) is 0 Å². The number of aromatic nitrogens is 4. The maximum atomic E-state index is 12.4. The molecular weight excluding hydrogens is 539 g/mol. The number of imidazole rings is 1. The van der Waals surface area contributed by atoms with E-state index in [2.05, 4.69) is 24.0 Å². The molecule has 0 amide bonds. The van der Waals surface area contributed by atoms with Crippen LogP contribution in [0.2, 0.25) is 0 Å². The van der Waals surface area contributed by atoms with Crippen LogP contribution < -0.4 is 10.5 Å². The fraction of sp³-hybridized carbons (Fsp3) is 0.421. The molecule has 0 radical (unpaired) electrons. The third-order valence-electron chi connectivity index (χ3n) is 4.14. The van der Waals surface area contributed by atoms with Gasteiger partial charge in [0.1, 0.15) is 35.9 Å². The first kappa shape index (κ1) is 28.2. The molecule has 0 spiro atoms. The number of hydrogen-bond acceptors (Lipinski definition) is 9. The summed E-state index contributed by atoms with van der Waals surface area (Å²) < 4.78 is 95.1. The van der Waals surface area contributed by atoms with Gasteiger partial charge in [0.05, 0.1) is 20.0 Å². The number of fused-ring (bicyclic) bond motifs is 1. The van der Waals surface area contributed by atoms with E-state index in [1.165, 1.54) is 18.1 Å². The Bertz CT molecular complexity index is 1110. The molecular formula is C19H20F6N5O4PS. The molecule has 0 aliphatic rings. The van der Waals surface area contributed by atoms with Crippen LogP contribution >= 0.6 is 20.1 Å². The number of halogens is 6. The van der Waals surface area contributed by atoms with E-state index in [-0.39, 0.29) is 19.1 Å². The number of benzene rings is 1. The number of nitrogens with zero attached hydrogens (tertiary/aromatic N) is 4. The Morgan fingerprint density at radius 1 is 1.00 bits per heavy atom. The molecule has 0 atom stereocenters. The fourth-order valence-electron chi connectivity index (χ4n) is 2.63. The highest BCUT2D eigenvalue weighted by atomic mass is 32.2. The lowest BCUT2D eigenvalue weighted by Crippen LogP contribution is -2.20. The monoisotopic (exact) mass is 559 g/mol. The number of rotatable bonds is 12. The Balaban J connectivity index is 1.62. The van der Waals surface area contributed by atoms with Crippen molar-refractivity contribution in [1.82, 2.24) is 19.5 Å². The smallest absolute Gasteiger partial charge is 0.412 e. The van der Waals surface area contributed by atoms with Crippen LogP contribution in [0.4, 0.5) is 32.3 Å². The Hall–Kier alpha value is -2.39. The highest BCUT2D eigenvalue weighted by Crippen LogP contribution is 2.41. The number of nitrogens with two attached hydrogens (primary N) is 1. The van der Waals surface area contributed by atoms with E-state index in [1.807, 2.05) is 12.1 Å². The molecule has 3 aromatic rings. The second-order valence-corrected chi connectivity index (χ2v) is 9.42. The Morgan fingerprint density at radius 3 is 2.22 bits per heavy atom. The van der Waals surface area contributed by atoms with Gasteiger partial charge in [-0.2, -0.15) is 31.3 Å². The van der Waals surface area contributed by atoms with Crippen LogP contribution in [0.25, 0.3) is 11.2 Å². The molecule has 0 aliphatic heterocycles. The second kappa shape index (κ2) is 12.2. The van der Waals surface area contributed by atoms with Crippen molar-refractivity contribution in [2.24, 2.45) is 0 Å². The van der Waals surface area contributed by atoms with E-state index >= 15 is 0 Å². The predicted octanol–water partition coefficient (Wildman–Crippen LogP) is 5.01. The van der Waals surface area contributed by atoms with E-state index in [1.54, 1.807) is 23.8 Å². The summed E-state index contributed by atoms with van der Waals surface area (Å²) in [7, 11) is -1.03. The van der Waals surface area contributed by atoms with Gasteiger partial charge >= 0.3 is 12.4 Å². The van der Waals surface area contributed by atoms with Crippen molar-refractivity contribution in [1.29, 1.82) is 0 Å². The Labute approximate surface area is 206 Å². The summed E-state index contributed by atoms with van der Waals surface area (Å²) in [5.74, 6) is 0.679. The van der Waals surface area contributed by atoms with E-state index in [0.29, 0.717) is 21.9 Å². The average molecular weight is 559 g/mol. The minimum absolute atomic E-state index is 0.00852. The number of nitrogen functional groups attached to an aromatic ring is 1. The quantitative estimate of drug-likeness (QED) is 0.142. The van der Waals surface area contributed by atoms with E-state index < -0.39 is 40.3 Å². The zero-order chi connectivity index (χ0) is 26.3. The lowest BCUT2D eigenvalue weighted by atomic mass is 10.3.